The van der Waals surface area contributed by atoms with Crippen molar-refractivity contribution in [2.45, 2.75) is 44.1 Å². The van der Waals surface area contributed by atoms with Crippen LogP contribution in [0.3, 0.4) is 0 Å². The predicted octanol–water partition coefficient (Wildman–Crippen LogP) is 6.33. The van der Waals surface area contributed by atoms with Gasteiger partial charge in [-0.25, -0.2) is 15.0 Å². The average Bonchev–Trinajstić information content (AvgIpc) is 3.31. The van der Waals surface area contributed by atoms with Crippen molar-refractivity contribution >= 4 is 40.6 Å². The second-order valence-electron chi connectivity index (χ2n) is 7.65. The minimum atomic E-state index is -1.21. The van der Waals surface area contributed by atoms with E-state index in [9.17, 15) is 9.90 Å². The minimum absolute atomic E-state index is 0.186. The first kappa shape index (κ1) is 28.5. The second-order valence-corrected chi connectivity index (χ2v) is 8.81. The van der Waals surface area contributed by atoms with Gasteiger partial charge < -0.3 is 9.84 Å². The maximum Gasteiger partial charge on any atom is 0.214 e. The number of aliphatic hydroxyl groups is 1. The Kier molecular flexibility index (Phi) is 11.4. The third-order valence-electron chi connectivity index (χ3n) is 5.07. The standard InChI is InChI=1S/C11H12ClNO2.C8H7ClN2.C6H6ClNO/c12-9-5-3-4-8(13-9)10(14)11(15)6-1-2-7-11;1-6(5-10)7-3-2-4-8(9)11-7;1-9-6-4-2-3-5(7)8-6/h3-5,15H,1-2,6-7H2;2-4,6H,1H3;2-4H,1H3. The minimum Gasteiger partial charge on any atom is -0.481 e. The van der Waals surface area contributed by atoms with E-state index in [0.29, 0.717) is 29.0 Å². The van der Waals surface area contributed by atoms with Crippen molar-refractivity contribution in [3.8, 4) is 11.9 Å². The molecule has 3 heterocycles. The number of ketones is 1. The molecule has 7 nitrogen and oxygen atoms in total. The van der Waals surface area contributed by atoms with E-state index in [0.717, 1.165) is 18.5 Å². The smallest absolute Gasteiger partial charge is 0.214 e. The molecule has 184 valence electrons. The highest BCUT2D eigenvalue weighted by Crippen LogP contribution is 2.32. The van der Waals surface area contributed by atoms with E-state index < -0.39 is 5.60 Å². The van der Waals surface area contributed by atoms with Crippen LogP contribution >= 0.6 is 34.8 Å². The Labute approximate surface area is 219 Å². The Hall–Kier alpha value is -2.76. The first-order chi connectivity index (χ1) is 16.7. The van der Waals surface area contributed by atoms with Gasteiger partial charge in [0.2, 0.25) is 11.7 Å². The van der Waals surface area contributed by atoms with Crippen LogP contribution in [0.25, 0.3) is 0 Å². The Morgan fingerprint density at radius 1 is 0.971 bits per heavy atom. The van der Waals surface area contributed by atoms with E-state index in [-0.39, 0.29) is 22.5 Å². The van der Waals surface area contributed by atoms with Gasteiger partial charge in [-0.3, -0.25) is 4.79 Å². The highest BCUT2D eigenvalue weighted by Gasteiger charge is 2.39. The Morgan fingerprint density at radius 3 is 2.00 bits per heavy atom. The number of rotatable bonds is 4. The van der Waals surface area contributed by atoms with Crippen molar-refractivity contribution in [3.05, 3.63) is 81.4 Å². The number of ether oxygens (including phenoxy) is 1. The van der Waals surface area contributed by atoms with Crippen molar-refractivity contribution < 1.29 is 14.6 Å². The van der Waals surface area contributed by atoms with E-state index in [1.54, 1.807) is 68.6 Å². The maximum atomic E-state index is 11.9. The molecule has 1 aliphatic carbocycles. The van der Waals surface area contributed by atoms with Gasteiger partial charge in [0.1, 0.15) is 26.8 Å². The molecule has 1 fully saturated rings. The molecule has 0 spiro atoms. The number of nitrogens with zero attached hydrogens (tertiary/aromatic N) is 4. The molecule has 35 heavy (non-hydrogen) atoms. The van der Waals surface area contributed by atoms with Gasteiger partial charge in [-0.15, -0.1) is 0 Å². The van der Waals surface area contributed by atoms with Crippen LogP contribution in [0.5, 0.6) is 5.88 Å². The number of pyridine rings is 3. The highest BCUT2D eigenvalue weighted by atomic mass is 35.5. The summed E-state index contributed by atoms with van der Waals surface area (Å²) in [5.74, 6) is 0.0544. The van der Waals surface area contributed by atoms with Crippen molar-refractivity contribution in [2.75, 3.05) is 7.11 Å². The number of halogens is 3. The third-order valence-corrected chi connectivity index (χ3v) is 5.71. The molecule has 1 aliphatic rings. The van der Waals surface area contributed by atoms with Gasteiger partial charge in [0.05, 0.1) is 24.8 Å². The van der Waals surface area contributed by atoms with Crippen LogP contribution in [-0.4, -0.2) is 38.6 Å². The van der Waals surface area contributed by atoms with Crippen LogP contribution in [0.2, 0.25) is 15.5 Å². The van der Waals surface area contributed by atoms with Gasteiger partial charge in [0.15, 0.2) is 0 Å². The summed E-state index contributed by atoms with van der Waals surface area (Å²) in [5, 5.41) is 19.8. The topological polar surface area (TPSA) is 109 Å². The lowest BCUT2D eigenvalue weighted by Crippen LogP contribution is -2.35. The summed E-state index contributed by atoms with van der Waals surface area (Å²) in [5.41, 5.74) is -0.232. The molecular formula is C25H25Cl3N4O3. The largest absolute Gasteiger partial charge is 0.481 e. The van der Waals surface area contributed by atoms with Gasteiger partial charge in [-0.05, 0) is 62.9 Å². The number of carbonyl (C=O) groups is 1. The lowest BCUT2D eigenvalue weighted by Gasteiger charge is -2.19. The molecule has 3 aromatic heterocycles. The lowest BCUT2D eigenvalue weighted by molar-refractivity contribution is 0.0348. The van der Waals surface area contributed by atoms with Gasteiger partial charge in [0.25, 0.3) is 0 Å². The van der Waals surface area contributed by atoms with Crippen LogP contribution in [0, 0.1) is 11.3 Å². The highest BCUT2D eigenvalue weighted by molar-refractivity contribution is 6.30. The SMILES string of the molecule is CC(C#N)c1cccc(Cl)n1.COc1cccc(Cl)n1.O=C(c1cccc(Cl)n1)C1(O)CCCC1. The molecule has 4 rings (SSSR count). The Morgan fingerprint density at radius 2 is 1.51 bits per heavy atom. The molecule has 1 atom stereocenters. The summed E-state index contributed by atoms with van der Waals surface area (Å²) in [4.78, 5) is 23.7. The Balaban J connectivity index is 0.000000193. The van der Waals surface area contributed by atoms with E-state index in [2.05, 4.69) is 21.0 Å². The number of hydrogen-bond acceptors (Lipinski definition) is 7. The molecule has 0 saturated heterocycles. The molecule has 0 aromatic carbocycles. The fourth-order valence-corrected chi connectivity index (χ4v) is 3.68. The summed E-state index contributed by atoms with van der Waals surface area (Å²) in [6, 6.07) is 17.4. The van der Waals surface area contributed by atoms with Gasteiger partial charge in [-0.1, -0.05) is 53.0 Å². The average molecular weight is 536 g/mol. The fraction of sp³-hybridized carbons (Fsp3) is 0.320. The molecule has 10 heteroatoms. The predicted molar refractivity (Wildman–Crippen MR) is 136 cm³/mol. The van der Waals surface area contributed by atoms with Gasteiger partial charge in [-0.2, -0.15) is 5.26 Å². The van der Waals surface area contributed by atoms with E-state index in [1.165, 1.54) is 0 Å². The summed E-state index contributed by atoms with van der Waals surface area (Å²) >= 11 is 16.9. The zero-order valence-corrected chi connectivity index (χ0v) is 21.6. The Bertz CT molecular complexity index is 1160. The molecule has 1 unspecified atom stereocenters. The van der Waals surface area contributed by atoms with Crippen molar-refractivity contribution in [1.82, 2.24) is 15.0 Å². The molecule has 0 amide bonds. The van der Waals surface area contributed by atoms with Crippen molar-refractivity contribution in [1.29, 1.82) is 5.26 Å². The molecule has 1 saturated carbocycles. The number of nitriles is 1. The zero-order chi connectivity index (χ0) is 25.8. The molecule has 3 aromatic rings. The number of hydrogen-bond donors (Lipinski definition) is 1. The van der Waals surface area contributed by atoms with Crippen LogP contribution in [0.1, 0.15) is 54.7 Å². The van der Waals surface area contributed by atoms with Crippen LogP contribution in [-0.2, 0) is 0 Å². The number of aromatic nitrogens is 3. The molecule has 0 bridgehead atoms. The first-order valence-electron chi connectivity index (χ1n) is 10.8. The van der Waals surface area contributed by atoms with Crippen molar-refractivity contribution in [3.63, 3.8) is 0 Å². The van der Waals surface area contributed by atoms with E-state index in [1.807, 2.05) is 0 Å². The van der Waals surface area contributed by atoms with E-state index >= 15 is 0 Å². The van der Waals surface area contributed by atoms with Crippen LogP contribution in [0.4, 0.5) is 0 Å². The van der Waals surface area contributed by atoms with Gasteiger partial charge >= 0.3 is 0 Å². The quantitative estimate of drug-likeness (QED) is 0.307. The number of carbonyl (C=O) groups excluding carboxylic acids is 1. The molecule has 0 radical (unpaired) electrons. The summed E-state index contributed by atoms with van der Waals surface area (Å²) < 4.78 is 4.80. The maximum absolute atomic E-state index is 11.9. The van der Waals surface area contributed by atoms with Crippen LogP contribution in [0.15, 0.2) is 54.6 Å². The summed E-state index contributed by atoms with van der Waals surface area (Å²) in [7, 11) is 1.55. The second kappa shape index (κ2) is 14.0. The molecule has 1 N–H and O–H groups in total. The number of methoxy groups -OCH3 is 1. The number of Topliss-reactive ketones (excluding diaryl/α,β-unsaturated/α-hetero) is 1. The molecule has 0 aliphatic heterocycles. The fourth-order valence-electron chi connectivity index (χ4n) is 3.19. The van der Waals surface area contributed by atoms with Crippen LogP contribution < -0.4 is 4.74 Å². The normalized spacial score (nSPS) is 14.3. The van der Waals surface area contributed by atoms with E-state index in [4.69, 9.17) is 44.8 Å². The molecular weight excluding hydrogens is 511 g/mol. The monoisotopic (exact) mass is 534 g/mol. The lowest BCUT2D eigenvalue weighted by atomic mass is 9.94. The summed E-state index contributed by atoms with van der Waals surface area (Å²) in [6.07, 6.45) is 2.84. The third kappa shape index (κ3) is 9.08. The zero-order valence-electron chi connectivity index (χ0n) is 19.3. The first-order valence-corrected chi connectivity index (χ1v) is 11.9. The summed E-state index contributed by atoms with van der Waals surface area (Å²) in [6.45, 7) is 1.79. The van der Waals surface area contributed by atoms with Gasteiger partial charge in [0, 0.05) is 6.07 Å². The van der Waals surface area contributed by atoms with Crippen molar-refractivity contribution in [2.24, 2.45) is 0 Å².